The monoisotopic (exact) mass is 413 g/mol. The van der Waals surface area contributed by atoms with Gasteiger partial charge in [-0.15, -0.1) is 0 Å². The van der Waals surface area contributed by atoms with Crippen LogP contribution in [0.1, 0.15) is 19.4 Å². The molecule has 3 aromatic heterocycles. The summed E-state index contributed by atoms with van der Waals surface area (Å²) in [5.74, 6) is 0.779. The summed E-state index contributed by atoms with van der Waals surface area (Å²) in [5.41, 5.74) is 3.57. The zero-order valence-corrected chi connectivity index (χ0v) is 17.5. The molecule has 3 aromatic rings. The molecule has 0 aliphatic carbocycles. The zero-order chi connectivity index (χ0) is 20.6. The lowest BCUT2D eigenvalue weighted by molar-refractivity contribution is 0.122. The number of ether oxygens (including phenoxy) is 1. The predicted molar refractivity (Wildman–Crippen MR) is 113 cm³/mol. The Morgan fingerprint density at radius 1 is 1.21 bits per heavy atom. The standard InChI is InChI=1S/C20H23N5O3S/c1-13(14(2)29(3,26)27)16-12-18(25-8-10-28-11-9-25)23-19-15(16)4-6-21-20(19)17-5-7-22-24-17/h4-7,12H,8-11H2,1-3H3,(H,22,24)/b14-13-. The van der Waals surface area contributed by atoms with E-state index >= 15 is 0 Å². The van der Waals surface area contributed by atoms with E-state index in [2.05, 4.69) is 20.1 Å². The summed E-state index contributed by atoms with van der Waals surface area (Å²) in [6, 6.07) is 5.68. The topological polar surface area (TPSA) is 101 Å². The Morgan fingerprint density at radius 3 is 2.62 bits per heavy atom. The molecule has 0 unspecified atom stereocenters. The Balaban J connectivity index is 2.02. The van der Waals surface area contributed by atoms with Gasteiger partial charge in [0.05, 0.1) is 13.2 Å². The number of morpholine rings is 1. The minimum absolute atomic E-state index is 0.344. The van der Waals surface area contributed by atoms with Crippen molar-refractivity contribution in [1.29, 1.82) is 0 Å². The van der Waals surface area contributed by atoms with Crippen LogP contribution in [-0.4, -0.2) is 61.1 Å². The van der Waals surface area contributed by atoms with Crippen LogP contribution < -0.4 is 4.90 Å². The molecule has 9 heteroatoms. The first-order valence-electron chi connectivity index (χ1n) is 9.37. The van der Waals surface area contributed by atoms with Crippen LogP contribution in [0.2, 0.25) is 0 Å². The minimum Gasteiger partial charge on any atom is -0.378 e. The largest absolute Gasteiger partial charge is 0.378 e. The number of pyridine rings is 2. The third-order valence-electron chi connectivity index (χ3n) is 5.28. The number of aromatic amines is 1. The van der Waals surface area contributed by atoms with Gasteiger partial charge in [-0.25, -0.2) is 13.4 Å². The first-order chi connectivity index (χ1) is 13.9. The fourth-order valence-corrected chi connectivity index (χ4v) is 4.12. The number of allylic oxidation sites excluding steroid dienone is 2. The Hall–Kier alpha value is -2.78. The quantitative estimate of drug-likeness (QED) is 0.702. The number of H-pyrrole nitrogens is 1. The number of nitrogens with one attached hydrogen (secondary N) is 1. The number of hydrogen-bond acceptors (Lipinski definition) is 7. The summed E-state index contributed by atoms with van der Waals surface area (Å²) in [6.07, 6.45) is 4.67. The highest BCUT2D eigenvalue weighted by Crippen LogP contribution is 2.34. The van der Waals surface area contributed by atoms with Crippen LogP contribution in [-0.2, 0) is 14.6 Å². The molecule has 1 aliphatic heterocycles. The van der Waals surface area contributed by atoms with Crippen molar-refractivity contribution in [2.24, 2.45) is 0 Å². The molecular weight excluding hydrogens is 390 g/mol. The van der Waals surface area contributed by atoms with E-state index in [0.29, 0.717) is 40.6 Å². The maximum absolute atomic E-state index is 12.2. The molecule has 4 heterocycles. The maximum atomic E-state index is 12.2. The molecule has 0 atom stereocenters. The molecule has 0 aromatic carbocycles. The number of sulfone groups is 1. The summed E-state index contributed by atoms with van der Waals surface area (Å²) in [7, 11) is -3.32. The highest BCUT2D eigenvalue weighted by Gasteiger charge is 2.20. The van der Waals surface area contributed by atoms with Crippen molar-refractivity contribution in [3.05, 3.63) is 41.1 Å². The van der Waals surface area contributed by atoms with E-state index < -0.39 is 9.84 Å². The average molecular weight is 414 g/mol. The SMILES string of the molecule is C/C(=C(\C)S(C)(=O)=O)c1cc(N2CCOCC2)nc2c(-c3cc[nH]n3)nccc12. The second-order valence-corrected chi connectivity index (χ2v) is 9.25. The van der Waals surface area contributed by atoms with Gasteiger partial charge in [0.25, 0.3) is 0 Å². The van der Waals surface area contributed by atoms with Gasteiger partial charge in [0.1, 0.15) is 22.7 Å². The number of aromatic nitrogens is 4. The van der Waals surface area contributed by atoms with Crippen molar-refractivity contribution in [1.82, 2.24) is 20.2 Å². The Morgan fingerprint density at radius 2 is 1.97 bits per heavy atom. The lowest BCUT2D eigenvalue weighted by Crippen LogP contribution is -2.36. The highest BCUT2D eigenvalue weighted by molar-refractivity contribution is 7.94. The van der Waals surface area contributed by atoms with Crippen LogP contribution in [0.4, 0.5) is 5.82 Å². The smallest absolute Gasteiger partial charge is 0.171 e. The lowest BCUT2D eigenvalue weighted by Gasteiger charge is -2.28. The molecule has 4 rings (SSSR count). The maximum Gasteiger partial charge on any atom is 0.171 e. The molecule has 8 nitrogen and oxygen atoms in total. The van der Waals surface area contributed by atoms with Gasteiger partial charge in [0.15, 0.2) is 9.84 Å². The summed E-state index contributed by atoms with van der Waals surface area (Å²) in [6.45, 7) is 6.19. The van der Waals surface area contributed by atoms with Gasteiger partial charge >= 0.3 is 0 Å². The molecule has 29 heavy (non-hydrogen) atoms. The molecule has 1 N–H and O–H groups in total. The molecule has 152 valence electrons. The fraction of sp³-hybridized carbons (Fsp3) is 0.350. The second-order valence-electron chi connectivity index (χ2n) is 7.10. The van der Waals surface area contributed by atoms with E-state index in [1.54, 1.807) is 19.3 Å². The van der Waals surface area contributed by atoms with E-state index in [-0.39, 0.29) is 0 Å². The van der Waals surface area contributed by atoms with Gasteiger partial charge in [-0.1, -0.05) is 0 Å². The molecule has 1 saturated heterocycles. The van der Waals surface area contributed by atoms with E-state index in [1.807, 2.05) is 25.1 Å². The molecule has 0 amide bonds. The zero-order valence-electron chi connectivity index (χ0n) is 16.6. The lowest BCUT2D eigenvalue weighted by atomic mass is 10.0. The molecule has 0 radical (unpaired) electrons. The van der Waals surface area contributed by atoms with Gasteiger partial charge in [-0.2, -0.15) is 5.10 Å². The number of fused-ring (bicyclic) bond motifs is 1. The van der Waals surface area contributed by atoms with Gasteiger partial charge in [-0.3, -0.25) is 10.1 Å². The Bertz CT molecular complexity index is 1180. The van der Waals surface area contributed by atoms with Crippen molar-refractivity contribution >= 4 is 32.1 Å². The molecule has 1 fully saturated rings. The van der Waals surface area contributed by atoms with Crippen LogP contribution in [0.5, 0.6) is 0 Å². The molecule has 0 bridgehead atoms. The van der Waals surface area contributed by atoms with Crippen LogP contribution in [0.15, 0.2) is 35.5 Å². The number of rotatable bonds is 4. The number of nitrogens with zero attached hydrogens (tertiary/aromatic N) is 4. The first kappa shape index (κ1) is 19.5. The summed E-state index contributed by atoms with van der Waals surface area (Å²) < 4.78 is 29.9. The number of anilines is 1. The molecular formula is C20H23N5O3S. The van der Waals surface area contributed by atoms with E-state index in [9.17, 15) is 8.42 Å². The van der Waals surface area contributed by atoms with Crippen molar-refractivity contribution in [3.63, 3.8) is 0 Å². The van der Waals surface area contributed by atoms with Gasteiger partial charge in [0.2, 0.25) is 0 Å². The van der Waals surface area contributed by atoms with Crippen molar-refractivity contribution < 1.29 is 13.2 Å². The Labute approximate surface area is 169 Å². The van der Waals surface area contributed by atoms with Crippen LogP contribution >= 0.6 is 0 Å². The molecule has 1 aliphatic rings. The molecule has 0 spiro atoms. The van der Waals surface area contributed by atoms with Crippen molar-refractivity contribution in [2.75, 3.05) is 37.5 Å². The van der Waals surface area contributed by atoms with Crippen LogP contribution in [0.25, 0.3) is 27.9 Å². The van der Waals surface area contributed by atoms with Crippen LogP contribution in [0, 0.1) is 0 Å². The normalized spacial score (nSPS) is 16.2. The highest BCUT2D eigenvalue weighted by atomic mass is 32.2. The van der Waals surface area contributed by atoms with E-state index in [4.69, 9.17) is 9.72 Å². The van der Waals surface area contributed by atoms with Gasteiger partial charge in [-0.05, 0) is 43.2 Å². The third kappa shape index (κ3) is 3.75. The van der Waals surface area contributed by atoms with Crippen LogP contribution in [0.3, 0.4) is 0 Å². The minimum atomic E-state index is -3.32. The average Bonchev–Trinajstić information content (AvgIpc) is 3.26. The third-order valence-corrected chi connectivity index (χ3v) is 6.70. The first-order valence-corrected chi connectivity index (χ1v) is 11.3. The van der Waals surface area contributed by atoms with Gasteiger partial charge < -0.3 is 9.64 Å². The second kappa shape index (κ2) is 7.57. The predicted octanol–water partition coefficient (Wildman–Crippen LogP) is 2.65. The van der Waals surface area contributed by atoms with E-state index in [1.165, 1.54) is 6.26 Å². The summed E-state index contributed by atoms with van der Waals surface area (Å²) >= 11 is 0. The summed E-state index contributed by atoms with van der Waals surface area (Å²) in [5, 5.41) is 7.91. The van der Waals surface area contributed by atoms with Gasteiger partial charge in [0, 0.05) is 42.0 Å². The summed E-state index contributed by atoms with van der Waals surface area (Å²) in [4.78, 5) is 11.9. The molecule has 0 saturated carbocycles. The van der Waals surface area contributed by atoms with E-state index in [0.717, 1.165) is 29.9 Å². The fourth-order valence-electron chi connectivity index (χ4n) is 3.45. The van der Waals surface area contributed by atoms with Crippen molar-refractivity contribution in [3.8, 4) is 11.4 Å². The number of hydrogen-bond donors (Lipinski definition) is 1. The van der Waals surface area contributed by atoms with Crippen molar-refractivity contribution in [2.45, 2.75) is 13.8 Å². The Kier molecular flexibility index (Phi) is 5.10.